The van der Waals surface area contributed by atoms with Crippen LogP contribution in [-0.2, 0) is 19.1 Å². The molecule has 0 saturated carbocycles. The lowest BCUT2D eigenvalue weighted by molar-refractivity contribution is -0.140. The predicted molar refractivity (Wildman–Crippen MR) is 85.4 cm³/mol. The first-order valence-corrected chi connectivity index (χ1v) is 7.97. The predicted octanol–water partition coefficient (Wildman–Crippen LogP) is 3.21. The summed E-state index contributed by atoms with van der Waals surface area (Å²) in [6, 6.07) is 6.46. The van der Waals surface area contributed by atoms with Crippen LogP contribution in [0, 0.1) is 5.82 Å². The number of alkyl halides is 3. The quantitative estimate of drug-likeness (QED) is 0.489. The Labute approximate surface area is 140 Å². The minimum Gasteiger partial charge on any atom is -0.356 e. The van der Waals surface area contributed by atoms with Crippen molar-refractivity contribution < 1.29 is 17.6 Å². The highest BCUT2D eigenvalue weighted by atomic mass is 32.1. The van der Waals surface area contributed by atoms with Gasteiger partial charge in [0.15, 0.2) is 11.7 Å². The van der Waals surface area contributed by atoms with E-state index in [1.807, 2.05) is 0 Å². The number of halogens is 4. The molecule has 0 radical (unpaired) electrons. The SMILES string of the molecule is CN=C(NCCc1ccccc1F)NCc1nc(C(F)(F)F)cs1. The van der Waals surface area contributed by atoms with Crippen molar-refractivity contribution in [3.05, 3.63) is 51.7 Å². The van der Waals surface area contributed by atoms with E-state index in [-0.39, 0.29) is 12.4 Å². The Balaban J connectivity index is 1.80. The zero-order valence-electron chi connectivity index (χ0n) is 12.8. The van der Waals surface area contributed by atoms with E-state index in [1.54, 1.807) is 25.2 Å². The van der Waals surface area contributed by atoms with Gasteiger partial charge in [0.05, 0.1) is 6.54 Å². The molecule has 0 saturated heterocycles. The molecule has 1 aromatic carbocycles. The minimum atomic E-state index is -4.44. The number of benzene rings is 1. The Bertz CT molecular complexity index is 697. The molecule has 0 fully saturated rings. The van der Waals surface area contributed by atoms with Gasteiger partial charge in [-0.05, 0) is 18.1 Å². The van der Waals surface area contributed by atoms with E-state index < -0.39 is 11.9 Å². The van der Waals surface area contributed by atoms with Gasteiger partial charge in [0, 0.05) is 19.0 Å². The standard InChI is InChI=1S/C15H16F4N4S/c1-20-14(21-7-6-10-4-2-3-5-11(10)16)22-8-13-23-12(9-24-13)15(17,18)19/h2-5,9H,6-8H2,1H3,(H2,20,21,22). The van der Waals surface area contributed by atoms with Crippen LogP contribution in [0.1, 0.15) is 16.3 Å². The molecule has 24 heavy (non-hydrogen) atoms. The number of thiazole rings is 1. The third kappa shape index (κ3) is 5.19. The molecule has 0 aliphatic heterocycles. The first-order chi connectivity index (χ1) is 11.4. The minimum absolute atomic E-state index is 0.125. The molecule has 0 unspecified atom stereocenters. The number of guanidine groups is 1. The Hall–Kier alpha value is -2.16. The summed E-state index contributed by atoms with van der Waals surface area (Å²) in [6.45, 7) is 0.562. The normalized spacial score (nSPS) is 12.3. The van der Waals surface area contributed by atoms with Crippen LogP contribution in [0.5, 0.6) is 0 Å². The molecule has 0 bridgehead atoms. The van der Waals surface area contributed by atoms with Crippen molar-refractivity contribution >= 4 is 17.3 Å². The number of aliphatic imine (C=N–C) groups is 1. The maximum absolute atomic E-state index is 13.5. The van der Waals surface area contributed by atoms with Gasteiger partial charge in [0.25, 0.3) is 0 Å². The zero-order valence-corrected chi connectivity index (χ0v) is 13.6. The van der Waals surface area contributed by atoms with Gasteiger partial charge in [-0.25, -0.2) is 9.37 Å². The molecule has 4 nitrogen and oxygen atoms in total. The average Bonchev–Trinajstić information content (AvgIpc) is 3.01. The van der Waals surface area contributed by atoms with Gasteiger partial charge in [-0.3, -0.25) is 4.99 Å². The highest BCUT2D eigenvalue weighted by Crippen LogP contribution is 2.29. The van der Waals surface area contributed by atoms with E-state index in [1.165, 1.54) is 6.07 Å². The molecule has 2 N–H and O–H groups in total. The fraction of sp³-hybridized carbons (Fsp3) is 0.333. The van der Waals surface area contributed by atoms with Crippen molar-refractivity contribution in [1.29, 1.82) is 0 Å². The number of hydrogen-bond donors (Lipinski definition) is 2. The fourth-order valence-corrected chi connectivity index (χ4v) is 2.66. The summed E-state index contributed by atoms with van der Waals surface area (Å²) in [5.74, 6) is 0.139. The van der Waals surface area contributed by atoms with Crippen LogP contribution in [0.25, 0.3) is 0 Å². The van der Waals surface area contributed by atoms with Crippen molar-refractivity contribution in [2.24, 2.45) is 4.99 Å². The number of hydrogen-bond acceptors (Lipinski definition) is 3. The van der Waals surface area contributed by atoms with E-state index in [2.05, 4.69) is 20.6 Å². The first kappa shape index (κ1) is 18.2. The summed E-state index contributed by atoms with van der Waals surface area (Å²) in [4.78, 5) is 7.49. The number of nitrogens with one attached hydrogen (secondary N) is 2. The average molecular weight is 360 g/mol. The smallest absolute Gasteiger partial charge is 0.356 e. The molecule has 0 amide bonds. The van der Waals surface area contributed by atoms with Gasteiger partial charge >= 0.3 is 6.18 Å². The van der Waals surface area contributed by atoms with Gasteiger partial charge in [-0.1, -0.05) is 18.2 Å². The number of rotatable bonds is 5. The zero-order chi connectivity index (χ0) is 17.6. The monoisotopic (exact) mass is 360 g/mol. The second-order valence-corrected chi connectivity index (χ2v) is 5.76. The van der Waals surface area contributed by atoms with E-state index in [4.69, 9.17) is 0 Å². The van der Waals surface area contributed by atoms with Crippen molar-refractivity contribution in [2.75, 3.05) is 13.6 Å². The molecule has 2 aromatic rings. The van der Waals surface area contributed by atoms with Crippen LogP contribution in [0.4, 0.5) is 17.6 Å². The highest BCUT2D eigenvalue weighted by molar-refractivity contribution is 7.09. The van der Waals surface area contributed by atoms with Gasteiger partial charge < -0.3 is 10.6 Å². The van der Waals surface area contributed by atoms with Gasteiger partial charge in [-0.2, -0.15) is 13.2 Å². The summed E-state index contributed by atoms with van der Waals surface area (Å²) in [5.41, 5.74) is -0.318. The van der Waals surface area contributed by atoms with Crippen LogP contribution in [-0.4, -0.2) is 24.5 Å². The Morgan fingerprint density at radius 3 is 2.62 bits per heavy atom. The van der Waals surface area contributed by atoms with Crippen LogP contribution >= 0.6 is 11.3 Å². The van der Waals surface area contributed by atoms with Gasteiger partial charge in [-0.15, -0.1) is 11.3 Å². The molecule has 0 aliphatic rings. The topological polar surface area (TPSA) is 49.3 Å². The maximum atomic E-state index is 13.5. The summed E-state index contributed by atoms with van der Waals surface area (Å²) in [7, 11) is 1.54. The summed E-state index contributed by atoms with van der Waals surface area (Å²) in [6.07, 6.45) is -3.97. The van der Waals surface area contributed by atoms with Crippen LogP contribution in [0.15, 0.2) is 34.6 Å². The number of nitrogens with zero attached hydrogens (tertiary/aromatic N) is 2. The molecule has 0 atom stereocenters. The van der Waals surface area contributed by atoms with Crippen molar-refractivity contribution in [3.8, 4) is 0 Å². The Kier molecular flexibility index (Phi) is 6.13. The van der Waals surface area contributed by atoms with E-state index in [0.29, 0.717) is 29.5 Å². The van der Waals surface area contributed by atoms with Gasteiger partial charge in [0.1, 0.15) is 10.8 Å². The molecular weight excluding hydrogens is 344 g/mol. The molecule has 0 aliphatic carbocycles. The van der Waals surface area contributed by atoms with Crippen molar-refractivity contribution in [3.63, 3.8) is 0 Å². The van der Waals surface area contributed by atoms with Crippen LogP contribution in [0.3, 0.4) is 0 Å². The molecular formula is C15H16F4N4S. The second-order valence-electron chi connectivity index (χ2n) is 4.82. The molecule has 1 heterocycles. The highest BCUT2D eigenvalue weighted by Gasteiger charge is 2.33. The second kappa shape index (κ2) is 8.09. The lowest BCUT2D eigenvalue weighted by Gasteiger charge is -2.11. The Morgan fingerprint density at radius 2 is 2.00 bits per heavy atom. The maximum Gasteiger partial charge on any atom is 0.434 e. The first-order valence-electron chi connectivity index (χ1n) is 7.09. The number of aromatic nitrogens is 1. The molecule has 130 valence electrons. The summed E-state index contributed by atoms with van der Waals surface area (Å²) < 4.78 is 50.9. The summed E-state index contributed by atoms with van der Waals surface area (Å²) in [5, 5.41) is 7.14. The lowest BCUT2D eigenvalue weighted by Crippen LogP contribution is -2.37. The van der Waals surface area contributed by atoms with Crippen molar-refractivity contribution in [2.45, 2.75) is 19.1 Å². The molecule has 2 rings (SSSR count). The van der Waals surface area contributed by atoms with Crippen LogP contribution < -0.4 is 10.6 Å². The van der Waals surface area contributed by atoms with Crippen LogP contribution in [0.2, 0.25) is 0 Å². The van der Waals surface area contributed by atoms with Crippen molar-refractivity contribution in [1.82, 2.24) is 15.6 Å². The lowest BCUT2D eigenvalue weighted by atomic mass is 10.1. The molecule has 9 heteroatoms. The third-order valence-corrected chi connectivity index (χ3v) is 3.97. The Morgan fingerprint density at radius 1 is 1.25 bits per heavy atom. The van der Waals surface area contributed by atoms with E-state index in [9.17, 15) is 17.6 Å². The summed E-state index contributed by atoms with van der Waals surface area (Å²) >= 11 is 0.926. The third-order valence-electron chi connectivity index (χ3n) is 3.12. The largest absolute Gasteiger partial charge is 0.434 e. The van der Waals surface area contributed by atoms with E-state index in [0.717, 1.165) is 16.7 Å². The van der Waals surface area contributed by atoms with E-state index >= 15 is 0 Å². The fourth-order valence-electron chi connectivity index (χ4n) is 1.92. The molecule has 0 spiro atoms. The molecule has 1 aromatic heterocycles. The van der Waals surface area contributed by atoms with Gasteiger partial charge in [0.2, 0.25) is 0 Å².